The van der Waals surface area contributed by atoms with E-state index in [2.05, 4.69) is 24.3 Å². The molecule has 0 aromatic heterocycles. The Morgan fingerprint density at radius 3 is 0.615 bits per heavy atom. The predicted octanol–water partition coefficient (Wildman–Crippen LogP) is 7.66. The molecule has 2 aliphatic rings. The Balaban J connectivity index is 1.40. The molecule has 0 spiro atoms. The number of hydrogen-bond acceptors (Lipinski definition) is 20. The van der Waals surface area contributed by atoms with Gasteiger partial charge in [0.05, 0.1) is 0 Å². The molecule has 0 heterocycles. The van der Waals surface area contributed by atoms with E-state index in [0.29, 0.717) is 52.9 Å². The van der Waals surface area contributed by atoms with E-state index in [-0.39, 0.29) is 50.8 Å². The number of aliphatic hydroxyl groups is 8. The van der Waals surface area contributed by atoms with E-state index >= 15 is 0 Å². The molecule has 0 bridgehead atoms. The minimum absolute atomic E-state index is 0.277. The molecule has 0 saturated carbocycles. The van der Waals surface area contributed by atoms with Crippen LogP contribution >= 0.6 is 0 Å². The maximum atomic E-state index is 9.92. The first kappa shape index (κ1) is 68.4. The Hall–Kier alpha value is -2.10. The number of rotatable bonds is 52. The summed E-state index contributed by atoms with van der Waals surface area (Å²) < 4.78 is 68.6. The van der Waals surface area contributed by atoms with Crippen LogP contribution in [0.5, 0.6) is 0 Å². The number of benzene rings is 2. The molecule has 0 fully saturated rings. The van der Waals surface area contributed by atoms with Gasteiger partial charge in [0, 0.05) is 79.3 Å². The van der Waals surface area contributed by atoms with Gasteiger partial charge in [0.1, 0.15) is 24.4 Å². The van der Waals surface area contributed by atoms with Crippen molar-refractivity contribution >= 4 is 10.8 Å². The normalized spacial score (nSPS) is 20.1. The van der Waals surface area contributed by atoms with Crippen molar-refractivity contribution in [2.45, 2.75) is 231 Å². The molecule has 78 heavy (non-hydrogen) atoms. The first-order chi connectivity index (χ1) is 38.0. The van der Waals surface area contributed by atoms with Crippen LogP contribution in [0.2, 0.25) is 0 Å². The van der Waals surface area contributed by atoms with Crippen LogP contribution < -0.4 is 0 Å². The summed E-state index contributed by atoms with van der Waals surface area (Å²) in [4.78, 5) is 0. The maximum absolute atomic E-state index is 9.92. The highest BCUT2D eigenvalue weighted by molar-refractivity contribution is 5.98. The highest BCUT2D eigenvalue weighted by Crippen LogP contribution is 2.56. The molecule has 452 valence electrons. The van der Waals surface area contributed by atoms with Gasteiger partial charge >= 0.3 is 0 Å². The summed E-state index contributed by atoms with van der Waals surface area (Å²) in [7, 11) is 0. The second-order valence-corrected chi connectivity index (χ2v) is 19.9. The van der Waals surface area contributed by atoms with Crippen molar-refractivity contribution in [1.82, 2.24) is 0 Å². The van der Waals surface area contributed by atoms with Crippen molar-refractivity contribution in [3.05, 3.63) is 46.5 Å². The largest absolute Gasteiger partial charge is 0.370 e. The van der Waals surface area contributed by atoms with Gasteiger partial charge in [-0.2, -0.15) is 0 Å². The van der Waals surface area contributed by atoms with Crippen molar-refractivity contribution in [3.63, 3.8) is 0 Å². The summed E-state index contributed by atoms with van der Waals surface area (Å²) in [6, 6.07) is 8.75. The van der Waals surface area contributed by atoms with Gasteiger partial charge in [0.25, 0.3) is 0 Å². The van der Waals surface area contributed by atoms with Gasteiger partial charge in [-0.3, -0.25) is 0 Å². The molecular formula is C58H100O20. The lowest BCUT2D eigenvalue weighted by Crippen LogP contribution is -2.31. The second-order valence-electron chi connectivity index (χ2n) is 19.9. The molecule has 20 nitrogen and oxygen atoms in total. The van der Waals surface area contributed by atoms with E-state index in [1.165, 1.54) is 0 Å². The number of aliphatic hydroxyl groups excluding tert-OH is 8. The van der Waals surface area contributed by atoms with E-state index < -0.39 is 50.3 Å². The average molecular weight is 1120 g/mol. The second kappa shape index (κ2) is 41.0. The monoisotopic (exact) mass is 1120 g/mol. The van der Waals surface area contributed by atoms with E-state index in [4.69, 9.17) is 56.8 Å². The van der Waals surface area contributed by atoms with Gasteiger partial charge < -0.3 is 97.7 Å². The van der Waals surface area contributed by atoms with E-state index in [9.17, 15) is 40.9 Å². The molecular weight excluding hydrogens is 1020 g/mol. The van der Waals surface area contributed by atoms with Crippen molar-refractivity contribution in [3.8, 4) is 0 Å². The van der Waals surface area contributed by atoms with Crippen molar-refractivity contribution in [2.75, 3.05) is 79.3 Å². The molecule has 2 aliphatic carbocycles. The number of ether oxygens (including phenoxy) is 12. The summed E-state index contributed by atoms with van der Waals surface area (Å²) in [6.45, 7) is 11.6. The molecule has 12 atom stereocenters. The lowest BCUT2D eigenvalue weighted by atomic mass is 9.99. The summed E-state index contributed by atoms with van der Waals surface area (Å²) in [6.07, 6.45) is 5.65. The van der Waals surface area contributed by atoms with Crippen molar-refractivity contribution in [1.29, 1.82) is 0 Å². The molecule has 0 aliphatic heterocycles. The third-order valence-electron chi connectivity index (χ3n) is 13.9. The average Bonchev–Trinajstić information content (AvgIpc) is 3.84. The zero-order valence-corrected chi connectivity index (χ0v) is 47.3. The standard InChI is InChI=1S/C58H100O20/c1-5-67-51(59)55(63)75-37-25-17-9-13-21-33-71-47-41-29-30-43-46-44(32-31-42(45(41)46)48(47)72-34-22-14-10-18-26-38-76-56(64)52(60)68-6-2)50(74-36-24-16-12-20-28-40-78-58(66)54(62)70-8-4)49(43)73-35-23-15-11-19-27-39-77-57(65)53(61)69-7-3/h29-32,47-66H,5-28,33-40H2,1-4H3. The smallest absolute Gasteiger partial charge is 0.206 e. The topological polar surface area (TPSA) is 273 Å². The SMILES string of the molecule is CCOC(O)C(O)OCCCCCCCOC1c2ccc3c4c(ccc(c24)C1OCCCCCCCOC(O)C(O)OCC)C(OCCCCCCCOC(O)C(O)OCC)C3OCCCCCCCOC(O)C(O)OCC. The van der Waals surface area contributed by atoms with Gasteiger partial charge in [0.15, 0.2) is 0 Å². The summed E-state index contributed by atoms with van der Waals surface area (Å²) >= 11 is 0. The van der Waals surface area contributed by atoms with Gasteiger partial charge in [-0.15, -0.1) is 0 Å². The predicted molar refractivity (Wildman–Crippen MR) is 289 cm³/mol. The van der Waals surface area contributed by atoms with Crippen LogP contribution in [0.3, 0.4) is 0 Å². The Morgan fingerprint density at radius 2 is 0.423 bits per heavy atom. The summed E-state index contributed by atoms with van der Waals surface area (Å²) in [5, 5.41) is 81.0. The first-order valence-corrected chi connectivity index (χ1v) is 29.4. The molecule has 0 radical (unpaired) electrons. The first-order valence-electron chi connectivity index (χ1n) is 29.4. The van der Waals surface area contributed by atoms with E-state index in [0.717, 1.165) is 161 Å². The minimum atomic E-state index is -1.37. The fourth-order valence-electron chi connectivity index (χ4n) is 9.85. The number of hydrogen-bond donors (Lipinski definition) is 8. The van der Waals surface area contributed by atoms with Gasteiger partial charge in [-0.1, -0.05) is 101 Å². The third kappa shape index (κ3) is 24.0. The molecule has 4 rings (SSSR count). The van der Waals surface area contributed by atoms with Crippen LogP contribution in [-0.2, 0) is 56.8 Å². The molecule has 0 amide bonds. The molecule has 2 aromatic carbocycles. The van der Waals surface area contributed by atoms with Crippen LogP contribution in [0, 0.1) is 0 Å². The van der Waals surface area contributed by atoms with Gasteiger partial charge in [-0.05, 0) is 112 Å². The van der Waals surface area contributed by atoms with Crippen LogP contribution in [0.15, 0.2) is 24.3 Å². The summed E-state index contributed by atoms with van der Waals surface area (Å²) in [5.74, 6) is 0. The van der Waals surface area contributed by atoms with Crippen LogP contribution in [-0.4, -0.2) is 170 Å². The highest BCUT2D eigenvalue weighted by Gasteiger charge is 2.43. The highest BCUT2D eigenvalue weighted by atomic mass is 16.7. The molecule has 2 aromatic rings. The zero-order valence-electron chi connectivity index (χ0n) is 47.3. The van der Waals surface area contributed by atoms with Crippen LogP contribution in [0.25, 0.3) is 10.8 Å². The van der Waals surface area contributed by atoms with Crippen LogP contribution in [0.4, 0.5) is 0 Å². The Kier molecular flexibility index (Phi) is 35.9. The molecule has 12 unspecified atom stereocenters. The van der Waals surface area contributed by atoms with Gasteiger partial charge in [-0.25, -0.2) is 0 Å². The fourth-order valence-corrected chi connectivity index (χ4v) is 9.85. The van der Waals surface area contributed by atoms with Crippen LogP contribution in [0.1, 0.15) is 203 Å². The van der Waals surface area contributed by atoms with Crippen molar-refractivity contribution in [2.24, 2.45) is 0 Å². The molecule has 20 heteroatoms. The van der Waals surface area contributed by atoms with Gasteiger partial charge in [0.2, 0.25) is 50.3 Å². The molecule has 8 N–H and O–H groups in total. The Bertz CT molecular complexity index is 1560. The third-order valence-corrected chi connectivity index (χ3v) is 13.9. The lowest BCUT2D eigenvalue weighted by molar-refractivity contribution is -0.250. The zero-order chi connectivity index (χ0) is 56.3. The number of unbranched alkanes of at least 4 members (excludes halogenated alkanes) is 16. The van der Waals surface area contributed by atoms with Crippen molar-refractivity contribution < 1.29 is 97.7 Å². The van der Waals surface area contributed by atoms with E-state index in [1.54, 1.807) is 27.7 Å². The quantitative estimate of drug-likeness (QED) is 0.0233. The molecule has 0 saturated heterocycles. The minimum Gasteiger partial charge on any atom is -0.370 e. The van der Waals surface area contributed by atoms with E-state index in [1.807, 2.05) is 0 Å². The summed E-state index contributed by atoms with van der Waals surface area (Å²) in [5.41, 5.74) is 4.41. The fraction of sp³-hybridized carbons (Fsp3) is 0.828. The Morgan fingerprint density at radius 1 is 0.256 bits per heavy atom. The Labute approximate surface area is 463 Å². The lowest BCUT2D eigenvalue weighted by Gasteiger charge is -2.24. The maximum Gasteiger partial charge on any atom is 0.206 e.